The summed E-state index contributed by atoms with van der Waals surface area (Å²) in [6.07, 6.45) is 1.69. The summed E-state index contributed by atoms with van der Waals surface area (Å²) >= 11 is 1.37. The first-order chi connectivity index (χ1) is 7.33. The zero-order chi connectivity index (χ0) is 10.7. The van der Waals surface area contributed by atoms with Crippen molar-refractivity contribution in [1.29, 1.82) is 5.26 Å². The SMILES string of the molecule is C=CCOc1ccc2nc(C#N)sc2c1. The summed E-state index contributed by atoms with van der Waals surface area (Å²) < 4.78 is 6.35. The van der Waals surface area contributed by atoms with E-state index in [1.807, 2.05) is 24.3 Å². The molecule has 74 valence electrons. The largest absolute Gasteiger partial charge is 0.490 e. The number of fused-ring (bicyclic) bond motifs is 1. The highest BCUT2D eigenvalue weighted by Crippen LogP contribution is 2.25. The third-order valence-corrected chi connectivity index (χ3v) is 2.75. The quantitative estimate of drug-likeness (QED) is 0.741. The number of hydrogen-bond acceptors (Lipinski definition) is 4. The molecular weight excluding hydrogens is 208 g/mol. The van der Waals surface area contributed by atoms with Gasteiger partial charge in [0.05, 0.1) is 10.2 Å². The molecule has 0 atom stereocenters. The summed E-state index contributed by atoms with van der Waals surface area (Å²) in [5, 5.41) is 9.18. The molecule has 0 aliphatic carbocycles. The van der Waals surface area contributed by atoms with Gasteiger partial charge in [0, 0.05) is 0 Å². The van der Waals surface area contributed by atoms with Crippen LogP contribution in [0.3, 0.4) is 0 Å². The van der Waals surface area contributed by atoms with Gasteiger partial charge in [0.1, 0.15) is 18.4 Å². The van der Waals surface area contributed by atoms with Crippen LogP contribution in [0.15, 0.2) is 30.9 Å². The predicted octanol–water partition coefficient (Wildman–Crippen LogP) is 2.73. The van der Waals surface area contributed by atoms with E-state index in [0.29, 0.717) is 11.6 Å². The van der Waals surface area contributed by atoms with E-state index in [0.717, 1.165) is 16.0 Å². The normalized spacial score (nSPS) is 9.80. The topological polar surface area (TPSA) is 45.9 Å². The summed E-state index contributed by atoms with van der Waals surface area (Å²) in [5.41, 5.74) is 0.836. The Bertz CT molecular complexity index is 539. The molecule has 0 amide bonds. The number of thiazole rings is 1. The summed E-state index contributed by atoms with van der Waals surface area (Å²) in [7, 11) is 0. The molecule has 2 aromatic rings. The van der Waals surface area contributed by atoms with E-state index in [1.165, 1.54) is 11.3 Å². The van der Waals surface area contributed by atoms with Crippen molar-refractivity contribution in [3.05, 3.63) is 35.9 Å². The molecule has 1 aromatic heterocycles. The summed E-state index contributed by atoms with van der Waals surface area (Å²) in [6, 6.07) is 7.61. The lowest BCUT2D eigenvalue weighted by atomic mass is 10.3. The van der Waals surface area contributed by atoms with Gasteiger partial charge in [0.25, 0.3) is 0 Å². The highest BCUT2D eigenvalue weighted by molar-refractivity contribution is 7.19. The average molecular weight is 216 g/mol. The lowest BCUT2D eigenvalue weighted by molar-refractivity contribution is 0.364. The molecule has 0 fully saturated rings. The lowest BCUT2D eigenvalue weighted by Gasteiger charge is -2.01. The van der Waals surface area contributed by atoms with E-state index in [1.54, 1.807) is 6.08 Å². The van der Waals surface area contributed by atoms with Gasteiger partial charge in [-0.1, -0.05) is 12.7 Å². The molecule has 0 aliphatic heterocycles. The maximum Gasteiger partial charge on any atom is 0.195 e. The number of nitriles is 1. The third kappa shape index (κ3) is 1.97. The van der Waals surface area contributed by atoms with Gasteiger partial charge in [0.15, 0.2) is 5.01 Å². The van der Waals surface area contributed by atoms with E-state index in [2.05, 4.69) is 11.6 Å². The van der Waals surface area contributed by atoms with E-state index in [4.69, 9.17) is 10.00 Å². The van der Waals surface area contributed by atoms with E-state index in [9.17, 15) is 0 Å². The Morgan fingerprint density at radius 3 is 3.20 bits per heavy atom. The molecule has 0 bridgehead atoms. The maximum absolute atomic E-state index is 8.70. The van der Waals surface area contributed by atoms with Crippen molar-refractivity contribution in [2.75, 3.05) is 6.61 Å². The minimum absolute atomic E-state index is 0.478. The van der Waals surface area contributed by atoms with Gasteiger partial charge in [-0.05, 0) is 18.2 Å². The molecule has 0 unspecified atom stereocenters. The number of aromatic nitrogens is 1. The fourth-order valence-corrected chi connectivity index (χ4v) is 1.99. The number of nitrogens with zero attached hydrogens (tertiary/aromatic N) is 2. The second kappa shape index (κ2) is 4.11. The van der Waals surface area contributed by atoms with Gasteiger partial charge in [0.2, 0.25) is 0 Å². The maximum atomic E-state index is 8.70. The molecule has 0 N–H and O–H groups in total. The second-order valence-electron chi connectivity index (χ2n) is 2.86. The molecule has 0 saturated heterocycles. The summed E-state index contributed by atoms with van der Waals surface area (Å²) in [6.45, 7) is 4.06. The fourth-order valence-electron chi connectivity index (χ4n) is 1.20. The van der Waals surface area contributed by atoms with Gasteiger partial charge < -0.3 is 4.74 Å². The first-order valence-corrected chi connectivity index (χ1v) is 5.19. The third-order valence-electron chi connectivity index (χ3n) is 1.82. The van der Waals surface area contributed by atoms with Crippen LogP contribution in [0.2, 0.25) is 0 Å². The molecule has 4 heteroatoms. The Kier molecular flexibility index (Phi) is 2.66. The molecule has 1 heterocycles. The van der Waals surface area contributed by atoms with E-state index < -0.39 is 0 Å². The Morgan fingerprint density at radius 2 is 2.47 bits per heavy atom. The molecule has 3 nitrogen and oxygen atoms in total. The molecule has 0 aliphatic rings. The van der Waals surface area contributed by atoms with Crippen LogP contribution < -0.4 is 4.74 Å². The number of rotatable bonds is 3. The van der Waals surface area contributed by atoms with Crippen LogP contribution in [-0.4, -0.2) is 11.6 Å². The molecule has 2 rings (SSSR count). The zero-order valence-electron chi connectivity index (χ0n) is 7.93. The molecule has 0 spiro atoms. The van der Waals surface area contributed by atoms with Crippen molar-refractivity contribution in [3.8, 4) is 11.8 Å². The minimum Gasteiger partial charge on any atom is -0.490 e. The van der Waals surface area contributed by atoms with Gasteiger partial charge in [-0.2, -0.15) is 5.26 Å². The van der Waals surface area contributed by atoms with Crippen molar-refractivity contribution >= 4 is 21.6 Å². The van der Waals surface area contributed by atoms with Crippen molar-refractivity contribution in [3.63, 3.8) is 0 Å². The molecule has 0 radical (unpaired) electrons. The van der Waals surface area contributed by atoms with E-state index in [-0.39, 0.29) is 0 Å². The van der Waals surface area contributed by atoms with Crippen molar-refractivity contribution < 1.29 is 4.74 Å². The van der Waals surface area contributed by atoms with Crippen molar-refractivity contribution in [1.82, 2.24) is 4.98 Å². The standard InChI is InChI=1S/C11H8N2OS/c1-2-5-14-8-3-4-9-10(6-8)15-11(7-12)13-9/h2-4,6H,1,5H2. The van der Waals surface area contributed by atoms with E-state index >= 15 is 0 Å². The zero-order valence-corrected chi connectivity index (χ0v) is 8.75. The summed E-state index contributed by atoms with van der Waals surface area (Å²) in [4.78, 5) is 4.13. The van der Waals surface area contributed by atoms with Crippen LogP contribution >= 0.6 is 11.3 Å². The number of ether oxygens (including phenoxy) is 1. The second-order valence-corrected chi connectivity index (χ2v) is 3.89. The highest BCUT2D eigenvalue weighted by atomic mass is 32.1. The Hall–Kier alpha value is -1.86. The highest BCUT2D eigenvalue weighted by Gasteiger charge is 2.03. The van der Waals surface area contributed by atoms with Gasteiger partial charge >= 0.3 is 0 Å². The lowest BCUT2D eigenvalue weighted by Crippen LogP contribution is -1.91. The molecular formula is C11H8N2OS. The van der Waals surface area contributed by atoms with Crippen LogP contribution in [0.5, 0.6) is 5.75 Å². The molecule has 0 saturated carbocycles. The summed E-state index contributed by atoms with van der Waals surface area (Å²) in [5.74, 6) is 0.774. The van der Waals surface area contributed by atoms with Gasteiger partial charge in [-0.3, -0.25) is 0 Å². The average Bonchev–Trinajstić information content (AvgIpc) is 2.68. The fraction of sp³-hybridized carbons (Fsp3) is 0.0909. The van der Waals surface area contributed by atoms with Crippen LogP contribution in [-0.2, 0) is 0 Å². The van der Waals surface area contributed by atoms with Crippen LogP contribution in [0, 0.1) is 11.3 Å². The minimum atomic E-state index is 0.478. The molecule has 15 heavy (non-hydrogen) atoms. The Balaban J connectivity index is 2.38. The molecule has 1 aromatic carbocycles. The Labute approximate surface area is 91.2 Å². The Morgan fingerprint density at radius 1 is 1.60 bits per heavy atom. The van der Waals surface area contributed by atoms with Crippen LogP contribution in [0.25, 0.3) is 10.2 Å². The first-order valence-electron chi connectivity index (χ1n) is 4.38. The monoisotopic (exact) mass is 216 g/mol. The van der Waals surface area contributed by atoms with Crippen molar-refractivity contribution in [2.45, 2.75) is 0 Å². The number of hydrogen-bond donors (Lipinski definition) is 0. The van der Waals surface area contributed by atoms with Crippen molar-refractivity contribution in [2.24, 2.45) is 0 Å². The van der Waals surface area contributed by atoms with Gasteiger partial charge in [-0.25, -0.2) is 4.98 Å². The van der Waals surface area contributed by atoms with Crippen LogP contribution in [0.1, 0.15) is 5.01 Å². The predicted molar refractivity (Wildman–Crippen MR) is 60.0 cm³/mol. The van der Waals surface area contributed by atoms with Crippen LogP contribution in [0.4, 0.5) is 0 Å². The first kappa shape index (κ1) is 9.69. The number of benzene rings is 1. The van der Waals surface area contributed by atoms with Gasteiger partial charge in [-0.15, -0.1) is 11.3 Å². The smallest absolute Gasteiger partial charge is 0.195 e.